The van der Waals surface area contributed by atoms with E-state index in [-0.39, 0.29) is 17.8 Å². The van der Waals surface area contributed by atoms with Gasteiger partial charge in [-0.05, 0) is 59.6 Å². The number of nitrogens with zero attached hydrogens (tertiary/aromatic N) is 2. The predicted molar refractivity (Wildman–Crippen MR) is 123 cm³/mol. The maximum atomic E-state index is 12.1. The fourth-order valence-corrected chi connectivity index (χ4v) is 4.83. The van der Waals surface area contributed by atoms with Crippen LogP contribution in [-0.2, 0) is 4.79 Å². The molecular formula is C20H20BrN3O3S2. The molecule has 3 aromatic rings. The van der Waals surface area contributed by atoms with Crippen molar-refractivity contribution in [1.82, 2.24) is 10.4 Å². The molecule has 9 heteroatoms. The Balaban J connectivity index is 1.57. The van der Waals surface area contributed by atoms with Crippen LogP contribution >= 0.6 is 39.0 Å². The Labute approximate surface area is 185 Å². The van der Waals surface area contributed by atoms with E-state index in [2.05, 4.69) is 31.4 Å². The summed E-state index contributed by atoms with van der Waals surface area (Å²) < 4.78 is 13.9. The lowest BCUT2D eigenvalue weighted by Gasteiger charge is -2.15. The van der Waals surface area contributed by atoms with Crippen molar-refractivity contribution in [3.8, 4) is 11.5 Å². The zero-order valence-electron chi connectivity index (χ0n) is 16.1. The van der Waals surface area contributed by atoms with Gasteiger partial charge in [-0.1, -0.05) is 23.9 Å². The number of hydrogen-bond donors (Lipinski definition) is 1. The van der Waals surface area contributed by atoms with Crippen LogP contribution in [0, 0.1) is 0 Å². The largest absolute Gasteiger partial charge is 0.493 e. The van der Waals surface area contributed by atoms with Crippen molar-refractivity contribution in [2.45, 2.75) is 24.3 Å². The molecule has 1 N–H and O–H groups in total. The Morgan fingerprint density at radius 3 is 2.90 bits per heavy atom. The molecule has 0 aliphatic carbocycles. The first-order chi connectivity index (χ1) is 14.0. The van der Waals surface area contributed by atoms with Gasteiger partial charge in [-0.25, -0.2) is 10.4 Å². The van der Waals surface area contributed by atoms with Crippen molar-refractivity contribution in [3.05, 3.63) is 46.4 Å². The minimum atomic E-state index is -0.198. The number of carbonyl (C=O) groups is 1. The van der Waals surface area contributed by atoms with Gasteiger partial charge in [-0.2, -0.15) is 5.10 Å². The van der Waals surface area contributed by atoms with Crippen LogP contribution in [0.5, 0.6) is 11.5 Å². The monoisotopic (exact) mass is 493 g/mol. The number of amides is 1. The second-order valence-electron chi connectivity index (χ2n) is 6.23. The molecule has 1 heterocycles. The number of fused-ring (bicyclic) bond motifs is 1. The SMILES string of the molecule is COc1cc(C=NNC(=O)CSc2nc3ccccc3s2)cc(Br)c1OC(C)C. The summed E-state index contributed by atoms with van der Waals surface area (Å²) >= 11 is 6.46. The fourth-order valence-electron chi connectivity index (χ4n) is 2.42. The molecule has 0 spiro atoms. The summed E-state index contributed by atoms with van der Waals surface area (Å²) in [6.07, 6.45) is 1.58. The molecule has 0 saturated heterocycles. The van der Waals surface area contributed by atoms with Crippen molar-refractivity contribution < 1.29 is 14.3 Å². The van der Waals surface area contributed by atoms with Gasteiger partial charge < -0.3 is 9.47 Å². The number of carbonyl (C=O) groups excluding carboxylic acids is 1. The van der Waals surface area contributed by atoms with E-state index in [0.717, 1.165) is 24.6 Å². The number of ether oxygens (including phenoxy) is 2. The second kappa shape index (κ2) is 10.1. The molecule has 0 saturated carbocycles. The van der Waals surface area contributed by atoms with E-state index in [1.165, 1.54) is 11.8 Å². The fraction of sp³-hybridized carbons (Fsp3) is 0.250. The standard InChI is InChI=1S/C20H20BrN3O3S2/c1-12(2)27-19-14(21)8-13(9-16(19)26-3)10-22-24-18(25)11-28-20-23-15-6-4-5-7-17(15)29-20/h4-10,12H,11H2,1-3H3,(H,24,25). The third-order valence-corrected chi connectivity index (χ3v) is 6.38. The number of thioether (sulfide) groups is 1. The molecule has 0 aliphatic heterocycles. The lowest BCUT2D eigenvalue weighted by Crippen LogP contribution is -2.19. The van der Waals surface area contributed by atoms with Gasteiger partial charge in [0.1, 0.15) is 0 Å². The predicted octanol–water partition coefficient (Wildman–Crippen LogP) is 5.10. The normalized spacial score (nSPS) is 11.3. The van der Waals surface area contributed by atoms with Crippen LogP contribution < -0.4 is 14.9 Å². The summed E-state index contributed by atoms with van der Waals surface area (Å²) in [5, 5.41) is 4.03. The molecule has 2 aromatic carbocycles. The van der Waals surface area contributed by atoms with Crippen LogP contribution in [0.1, 0.15) is 19.4 Å². The average Bonchev–Trinajstić information content (AvgIpc) is 3.11. The molecule has 1 aromatic heterocycles. The Kier molecular flexibility index (Phi) is 7.51. The number of hydrogen-bond acceptors (Lipinski definition) is 7. The highest BCUT2D eigenvalue weighted by molar-refractivity contribution is 9.10. The summed E-state index contributed by atoms with van der Waals surface area (Å²) in [7, 11) is 1.58. The molecule has 1 amide bonds. The molecule has 0 aliphatic rings. The first kappa shape index (κ1) is 21.6. The Hall–Kier alpha value is -2.10. The number of hydrazone groups is 1. The first-order valence-corrected chi connectivity index (χ1v) is 11.4. The number of nitrogens with one attached hydrogen (secondary N) is 1. The lowest BCUT2D eigenvalue weighted by atomic mass is 10.2. The van der Waals surface area contributed by atoms with Gasteiger partial charge in [0.05, 0.1) is 39.9 Å². The number of thiazole rings is 1. The van der Waals surface area contributed by atoms with E-state index in [9.17, 15) is 4.79 Å². The maximum Gasteiger partial charge on any atom is 0.250 e. The van der Waals surface area contributed by atoms with E-state index in [1.807, 2.05) is 44.2 Å². The van der Waals surface area contributed by atoms with Gasteiger partial charge in [0.15, 0.2) is 15.8 Å². The lowest BCUT2D eigenvalue weighted by molar-refractivity contribution is -0.118. The maximum absolute atomic E-state index is 12.1. The van der Waals surface area contributed by atoms with Gasteiger partial charge in [0.2, 0.25) is 0 Å². The van der Waals surface area contributed by atoms with Gasteiger partial charge in [0, 0.05) is 0 Å². The van der Waals surface area contributed by atoms with Gasteiger partial charge >= 0.3 is 0 Å². The number of methoxy groups -OCH3 is 1. The van der Waals surface area contributed by atoms with Crippen molar-refractivity contribution >= 4 is 61.4 Å². The van der Waals surface area contributed by atoms with Crippen molar-refractivity contribution in [2.75, 3.05) is 12.9 Å². The smallest absolute Gasteiger partial charge is 0.250 e. The topological polar surface area (TPSA) is 72.8 Å². The van der Waals surface area contributed by atoms with E-state index in [4.69, 9.17) is 9.47 Å². The highest BCUT2D eigenvalue weighted by atomic mass is 79.9. The third kappa shape index (κ3) is 5.94. The van der Waals surface area contributed by atoms with Crippen LogP contribution in [0.2, 0.25) is 0 Å². The molecule has 0 atom stereocenters. The Morgan fingerprint density at radius 2 is 2.17 bits per heavy atom. The van der Waals surface area contributed by atoms with Crippen LogP contribution in [0.3, 0.4) is 0 Å². The number of aromatic nitrogens is 1. The average molecular weight is 494 g/mol. The van der Waals surface area contributed by atoms with Crippen LogP contribution in [0.4, 0.5) is 0 Å². The quantitative estimate of drug-likeness (QED) is 0.268. The van der Waals surface area contributed by atoms with Gasteiger partial charge in [0.25, 0.3) is 5.91 Å². The highest BCUT2D eigenvalue weighted by Crippen LogP contribution is 2.37. The minimum absolute atomic E-state index is 0.0203. The van der Waals surface area contributed by atoms with E-state index >= 15 is 0 Å². The minimum Gasteiger partial charge on any atom is -0.493 e. The molecule has 152 valence electrons. The summed E-state index contributed by atoms with van der Waals surface area (Å²) in [5.74, 6) is 1.27. The number of benzene rings is 2. The van der Waals surface area contributed by atoms with E-state index in [0.29, 0.717) is 11.5 Å². The van der Waals surface area contributed by atoms with Crippen LogP contribution in [0.15, 0.2) is 50.3 Å². The van der Waals surface area contributed by atoms with Crippen molar-refractivity contribution in [1.29, 1.82) is 0 Å². The summed E-state index contributed by atoms with van der Waals surface area (Å²) in [5.41, 5.74) is 4.25. The number of halogens is 1. The second-order valence-corrected chi connectivity index (χ2v) is 9.34. The molecule has 0 bridgehead atoms. The Morgan fingerprint density at radius 1 is 1.38 bits per heavy atom. The molecular weight excluding hydrogens is 474 g/mol. The zero-order valence-corrected chi connectivity index (χ0v) is 19.4. The van der Waals surface area contributed by atoms with Crippen molar-refractivity contribution in [2.24, 2.45) is 5.10 Å². The molecule has 6 nitrogen and oxygen atoms in total. The molecule has 0 fully saturated rings. The number of para-hydroxylation sites is 1. The zero-order chi connectivity index (χ0) is 20.8. The summed E-state index contributed by atoms with van der Waals surface area (Å²) in [4.78, 5) is 16.6. The molecule has 0 unspecified atom stereocenters. The van der Waals surface area contributed by atoms with Gasteiger partial charge in [-0.3, -0.25) is 4.79 Å². The third-order valence-electron chi connectivity index (χ3n) is 3.61. The van der Waals surface area contributed by atoms with Crippen LogP contribution in [0.25, 0.3) is 10.2 Å². The van der Waals surface area contributed by atoms with Crippen molar-refractivity contribution in [3.63, 3.8) is 0 Å². The molecule has 3 rings (SSSR count). The molecule has 0 radical (unpaired) electrons. The highest BCUT2D eigenvalue weighted by Gasteiger charge is 2.13. The first-order valence-electron chi connectivity index (χ1n) is 8.80. The van der Waals surface area contributed by atoms with E-state index in [1.54, 1.807) is 30.7 Å². The summed E-state index contributed by atoms with van der Waals surface area (Å²) in [6, 6.07) is 11.6. The van der Waals surface area contributed by atoms with Gasteiger partial charge in [-0.15, -0.1) is 11.3 Å². The van der Waals surface area contributed by atoms with Crippen LogP contribution in [-0.4, -0.2) is 36.1 Å². The molecule has 29 heavy (non-hydrogen) atoms. The Bertz CT molecular complexity index is 1000. The number of rotatable bonds is 8. The van der Waals surface area contributed by atoms with E-state index < -0.39 is 0 Å². The summed E-state index contributed by atoms with van der Waals surface area (Å²) in [6.45, 7) is 3.90.